The van der Waals surface area contributed by atoms with Gasteiger partial charge in [-0.05, 0) is 38.2 Å². The van der Waals surface area contributed by atoms with Gasteiger partial charge in [-0.25, -0.2) is 0 Å². The zero-order valence-electron chi connectivity index (χ0n) is 13.5. The summed E-state index contributed by atoms with van der Waals surface area (Å²) in [7, 11) is 0. The van der Waals surface area contributed by atoms with E-state index >= 15 is 0 Å². The van der Waals surface area contributed by atoms with Crippen LogP contribution in [0.2, 0.25) is 0 Å². The van der Waals surface area contributed by atoms with Crippen LogP contribution in [-0.2, 0) is 16.1 Å². The standard InChI is InChI=1S/C18H26N2O2/c1-13-11-20(12-17(22-13)16-8-9-16)14(2)18(21)19-10-15-6-4-3-5-7-15/h3-7,13-14,16-17H,8-12H2,1-2H3,(H,19,21)/t13-,14+,17+/m1/s1. The average Bonchev–Trinajstić information content (AvgIpc) is 3.37. The van der Waals surface area contributed by atoms with Gasteiger partial charge in [-0.1, -0.05) is 30.3 Å². The quantitative estimate of drug-likeness (QED) is 0.906. The molecule has 2 fully saturated rings. The van der Waals surface area contributed by atoms with E-state index in [1.165, 1.54) is 12.8 Å². The van der Waals surface area contributed by atoms with Crippen molar-refractivity contribution in [1.29, 1.82) is 0 Å². The number of rotatable bonds is 5. The summed E-state index contributed by atoms with van der Waals surface area (Å²) in [5.74, 6) is 0.817. The van der Waals surface area contributed by atoms with Gasteiger partial charge in [-0.15, -0.1) is 0 Å². The Hall–Kier alpha value is -1.39. The van der Waals surface area contributed by atoms with Crippen LogP contribution in [0.25, 0.3) is 0 Å². The fourth-order valence-corrected chi connectivity index (χ4v) is 3.16. The molecular weight excluding hydrogens is 276 g/mol. The van der Waals surface area contributed by atoms with Crippen molar-refractivity contribution in [3.05, 3.63) is 35.9 Å². The van der Waals surface area contributed by atoms with Crippen molar-refractivity contribution in [3.8, 4) is 0 Å². The highest BCUT2D eigenvalue weighted by molar-refractivity contribution is 5.81. The molecule has 1 aromatic rings. The van der Waals surface area contributed by atoms with Gasteiger partial charge in [0.15, 0.2) is 0 Å². The predicted molar refractivity (Wildman–Crippen MR) is 86.4 cm³/mol. The fourth-order valence-electron chi connectivity index (χ4n) is 3.16. The van der Waals surface area contributed by atoms with Crippen molar-refractivity contribution < 1.29 is 9.53 Å². The van der Waals surface area contributed by atoms with E-state index in [1.807, 2.05) is 37.3 Å². The number of hydrogen-bond donors (Lipinski definition) is 1. The molecule has 0 unspecified atom stereocenters. The molecule has 0 bridgehead atoms. The maximum Gasteiger partial charge on any atom is 0.237 e. The summed E-state index contributed by atoms with van der Waals surface area (Å²) in [5.41, 5.74) is 1.13. The van der Waals surface area contributed by atoms with E-state index in [4.69, 9.17) is 4.74 Å². The Kier molecular flexibility index (Phi) is 4.79. The Balaban J connectivity index is 1.53. The molecule has 1 aromatic carbocycles. The lowest BCUT2D eigenvalue weighted by molar-refractivity contribution is -0.134. The Bertz CT molecular complexity index is 501. The average molecular weight is 302 g/mol. The first-order valence-corrected chi connectivity index (χ1v) is 8.34. The van der Waals surface area contributed by atoms with Crippen LogP contribution in [0.5, 0.6) is 0 Å². The normalized spacial score (nSPS) is 27.4. The number of amides is 1. The molecule has 3 rings (SSSR count). The summed E-state index contributed by atoms with van der Waals surface area (Å²) in [6.45, 7) is 6.42. The summed E-state index contributed by atoms with van der Waals surface area (Å²) in [6.07, 6.45) is 3.08. The van der Waals surface area contributed by atoms with Gasteiger partial charge in [0.25, 0.3) is 0 Å². The first kappa shape index (κ1) is 15.5. The van der Waals surface area contributed by atoms with Gasteiger partial charge in [0, 0.05) is 19.6 Å². The third-order valence-corrected chi connectivity index (χ3v) is 4.70. The van der Waals surface area contributed by atoms with Crippen LogP contribution < -0.4 is 5.32 Å². The number of benzene rings is 1. The monoisotopic (exact) mass is 302 g/mol. The molecule has 4 nitrogen and oxygen atoms in total. The third-order valence-electron chi connectivity index (χ3n) is 4.70. The van der Waals surface area contributed by atoms with E-state index in [9.17, 15) is 4.79 Å². The minimum atomic E-state index is -0.101. The van der Waals surface area contributed by atoms with Gasteiger partial charge in [0.2, 0.25) is 5.91 Å². The van der Waals surface area contributed by atoms with Crippen molar-refractivity contribution in [2.45, 2.75) is 51.5 Å². The van der Waals surface area contributed by atoms with E-state index in [1.54, 1.807) is 0 Å². The van der Waals surface area contributed by atoms with E-state index in [0.717, 1.165) is 18.7 Å². The molecule has 1 saturated carbocycles. The number of hydrogen-bond acceptors (Lipinski definition) is 3. The van der Waals surface area contributed by atoms with Crippen molar-refractivity contribution >= 4 is 5.91 Å². The van der Waals surface area contributed by atoms with E-state index < -0.39 is 0 Å². The maximum atomic E-state index is 12.4. The number of ether oxygens (including phenoxy) is 1. The largest absolute Gasteiger partial charge is 0.372 e. The lowest BCUT2D eigenvalue weighted by Gasteiger charge is -2.39. The predicted octanol–water partition coefficient (Wildman–Crippen LogP) is 2.19. The van der Waals surface area contributed by atoms with Crippen molar-refractivity contribution in [3.63, 3.8) is 0 Å². The summed E-state index contributed by atoms with van der Waals surface area (Å²) in [6, 6.07) is 9.94. The minimum absolute atomic E-state index is 0.101. The molecule has 22 heavy (non-hydrogen) atoms. The van der Waals surface area contributed by atoms with E-state index in [2.05, 4.69) is 17.1 Å². The Labute approximate surface area is 132 Å². The molecule has 0 aromatic heterocycles. The second-order valence-electron chi connectivity index (χ2n) is 6.66. The number of carbonyl (C=O) groups is 1. The molecule has 1 aliphatic carbocycles. The number of carbonyl (C=O) groups excluding carboxylic acids is 1. The van der Waals surface area contributed by atoms with E-state index in [-0.39, 0.29) is 18.1 Å². The summed E-state index contributed by atoms with van der Waals surface area (Å²) >= 11 is 0. The van der Waals surface area contributed by atoms with E-state index in [0.29, 0.717) is 18.6 Å². The Morgan fingerprint density at radius 3 is 2.73 bits per heavy atom. The van der Waals surface area contributed by atoms with Crippen LogP contribution in [0.3, 0.4) is 0 Å². The summed E-state index contributed by atoms with van der Waals surface area (Å²) in [5, 5.41) is 3.05. The lowest BCUT2D eigenvalue weighted by atomic mass is 10.1. The van der Waals surface area contributed by atoms with Crippen LogP contribution in [0, 0.1) is 5.92 Å². The molecule has 1 aliphatic heterocycles. The zero-order chi connectivity index (χ0) is 15.5. The molecule has 1 heterocycles. The molecule has 120 valence electrons. The summed E-state index contributed by atoms with van der Waals surface area (Å²) < 4.78 is 6.03. The van der Waals surface area contributed by atoms with Crippen molar-refractivity contribution in [2.75, 3.05) is 13.1 Å². The molecule has 1 N–H and O–H groups in total. The summed E-state index contributed by atoms with van der Waals surface area (Å²) in [4.78, 5) is 14.7. The highest BCUT2D eigenvalue weighted by atomic mass is 16.5. The highest BCUT2D eigenvalue weighted by Crippen LogP contribution is 2.36. The van der Waals surface area contributed by atoms with Crippen molar-refractivity contribution in [1.82, 2.24) is 10.2 Å². The number of nitrogens with one attached hydrogen (secondary N) is 1. The molecule has 0 spiro atoms. The maximum absolute atomic E-state index is 12.4. The molecule has 3 atom stereocenters. The number of nitrogens with zero attached hydrogens (tertiary/aromatic N) is 1. The van der Waals surface area contributed by atoms with Crippen LogP contribution in [0.1, 0.15) is 32.3 Å². The second kappa shape index (κ2) is 6.80. The molecule has 1 saturated heterocycles. The Morgan fingerprint density at radius 1 is 1.32 bits per heavy atom. The van der Waals surface area contributed by atoms with Crippen LogP contribution >= 0.6 is 0 Å². The zero-order valence-corrected chi connectivity index (χ0v) is 13.5. The molecule has 0 radical (unpaired) electrons. The molecule has 2 aliphatic rings. The van der Waals surface area contributed by atoms with Crippen molar-refractivity contribution in [2.24, 2.45) is 5.92 Å². The smallest absolute Gasteiger partial charge is 0.237 e. The Morgan fingerprint density at radius 2 is 2.05 bits per heavy atom. The third kappa shape index (κ3) is 3.87. The SMILES string of the molecule is C[C@@H]1CN([C@@H](C)C(=O)NCc2ccccc2)C[C@@H](C2CC2)O1. The fraction of sp³-hybridized carbons (Fsp3) is 0.611. The molecule has 4 heteroatoms. The highest BCUT2D eigenvalue weighted by Gasteiger charge is 2.39. The van der Waals surface area contributed by atoms with Crippen LogP contribution in [0.15, 0.2) is 30.3 Å². The van der Waals surface area contributed by atoms with Gasteiger partial charge < -0.3 is 10.1 Å². The topological polar surface area (TPSA) is 41.6 Å². The van der Waals surface area contributed by atoms with Gasteiger partial charge in [0.1, 0.15) is 0 Å². The van der Waals surface area contributed by atoms with Crippen LogP contribution in [-0.4, -0.2) is 42.1 Å². The first-order chi connectivity index (χ1) is 10.6. The van der Waals surface area contributed by atoms with Gasteiger partial charge in [-0.3, -0.25) is 9.69 Å². The van der Waals surface area contributed by atoms with Gasteiger partial charge >= 0.3 is 0 Å². The van der Waals surface area contributed by atoms with Gasteiger partial charge in [0.05, 0.1) is 18.2 Å². The number of morpholine rings is 1. The molecular formula is C18H26N2O2. The van der Waals surface area contributed by atoms with Crippen LogP contribution in [0.4, 0.5) is 0 Å². The minimum Gasteiger partial charge on any atom is -0.372 e. The first-order valence-electron chi connectivity index (χ1n) is 8.34. The molecule has 1 amide bonds. The van der Waals surface area contributed by atoms with Gasteiger partial charge in [-0.2, -0.15) is 0 Å². The lowest BCUT2D eigenvalue weighted by Crippen LogP contribution is -2.54. The second-order valence-corrected chi connectivity index (χ2v) is 6.66.